The van der Waals surface area contributed by atoms with E-state index < -0.39 is 5.97 Å². The Morgan fingerprint density at radius 1 is 1.17 bits per heavy atom. The summed E-state index contributed by atoms with van der Waals surface area (Å²) in [4.78, 5) is 12.0. The number of aromatic hydroxyl groups is 1. The normalized spacial score (nSPS) is 10.2. The molecule has 0 aliphatic carbocycles. The Kier molecular flexibility index (Phi) is 8.61. The molecule has 0 saturated carbocycles. The average Bonchev–Trinajstić information content (AvgIpc) is 3.04. The number of ether oxygens (including phenoxy) is 1. The van der Waals surface area contributed by atoms with E-state index in [0.717, 1.165) is 12.8 Å². The largest absolute Gasteiger partial charge is 0.507 e. The van der Waals surface area contributed by atoms with Crippen LogP contribution in [0.2, 0.25) is 0 Å². The fourth-order valence-electron chi connectivity index (χ4n) is 2.38. The number of nitrogens with one attached hydrogen (secondary N) is 1. The molecule has 0 aliphatic heterocycles. The second-order valence-corrected chi connectivity index (χ2v) is 5.59. The van der Waals surface area contributed by atoms with E-state index in [9.17, 15) is 9.90 Å². The zero-order valence-corrected chi connectivity index (χ0v) is 13.5. The molecule has 5 nitrogen and oxygen atoms in total. The number of carbonyl (C=O) groups is 1. The second kappa shape index (κ2) is 10.5. The number of phenolic OH excluding ortho intramolecular Hbond substituents is 1. The number of nitrogens with zero attached hydrogens (tertiary/aromatic N) is 1. The van der Waals surface area contributed by atoms with Crippen molar-refractivity contribution in [2.24, 2.45) is 0 Å². The molecule has 2 rings (SSSR count). The molecule has 0 atom stereocenters. The van der Waals surface area contributed by atoms with Gasteiger partial charge in [-0.3, -0.25) is 5.10 Å². The first-order valence-corrected chi connectivity index (χ1v) is 8.23. The first-order valence-electron chi connectivity index (χ1n) is 8.23. The van der Waals surface area contributed by atoms with Gasteiger partial charge in [0.1, 0.15) is 11.4 Å². The molecule has 1 aromatic heterocycles. The number of aromatic nitrogens is 2. The number of hydrogen-bond donors (Lipinski definition) is 2. The molecule has 1 aromatic carbocycles. The van der Waals surface area contributed by atoms with Crippen LogP contribution in [0.15, 0.2) is 30.3 Å². The van der Waals surface area contributed by atoms with Crippen LogP contribution in [-0.2, 0) is 4.74 Å². The number of hydrogen-bond acceptors (Lipinski definition) is 4. The van der Waals surface area contributed by atoms with Crippen LogP contribution in [-0.4, -0.2) is 27.9 Å². The van der Waals surface area contributed by atoms with Gasteiger partial charge in [-0.15, -0.1) is 0 Å². The van der Waals surface area contributed by atoms with Crippen molar-refractivity contribution in [2.75, 3.05) is 6.61 Å². The maximum absolute atomic E-state index is 12.0. The molecule has 2 N–H and O–H groups in total. The first kappa shape index (κ1) is 19.7. The van der Waals surface area contributed by atoms with E-state index in [1.54, 1.807) is 30.3 Å². The maximum atomic E-state index is 12.0. The predicted molar refractivity (Wildman–Crippen MR) is 96.1 cm³/mol. The molecule has 0 unspecified atom stereocenters. The van der Waals surface area contributed by atoms with Crippen molar-refractivity contribution in [1.29, 1.82) is 0 Å². The number of aromatic amines is 1. The minimum Gasteiger partial charge on any atom is -0.507 e. The smallest absolute Gasteiger partial charge is 0.356 e. The van der Waals surface area contributed by atoms with Gasteiger partial charge < -0.3 is 9.84 Å². The molecule has 0 amide bonds. The van der Waals surface area contributed by atoms with Crippen LogP contribution in [0.4, 0.5) is 0 Å². The Hall–Kier alpha value is -2.30. The number of rotatable bonds is 9. The number of H-pyrrole nitrogens is 1. The molecule has 132 valence electrons. The molecule has 0 radical (unpaired) electrons. The Bertz CT molecular complexity index is 623. The Morgan fingerprint density at radius 2 is 1.88 bits per heavy atom. The first-order chi connectivity index (χ1) is 11.2. The third-order valence-electron chi connectivity index (χ3n) is 3.71. The van der Waals surface area contributed by atoms with E-state index in [-0.39, 0.29) is 13.2 Å². The van der Waals surface area contributed by atoms with E-state index in [1.807, 2.05) is 0 Å². The fraction of sp³-hybridized carbons (Fsp3) is 0.474. The quantitative estimate of drug-likeness (QED) is 0.504. The highest BCUT2D eigenvalue weighted by Crippen LogP contribution is 2.27. The fourth-order valence-corrected chi connectivity index (χ4v) is 2.38. The Labute approximate surface area is 144 Å². The molecule has 24 heavy (non-hydrogen) atoms. The van der Waals surface area contributed by atoms with Crippen molar-refractivity contribution in [3.8, 4) is 17.0 Å². The van der Waals surface area contributed by atoms with E-state index >= 15 is 0 Å². The summed E-state index contributed by atoms with van der Waals surface area (Å²) in [6.45, 7) is 2.62. The van der Waals surface area contributed by atoms with Crippen LogP contribution < -0.4 is 0 Å². The molecular weight excluding hydrogens is 304 g/mol. The summed E-state index contributed by atoms with van der Waals surface area (Å²) in [5.74, 6) is -0.279. The highest BCUT2D eigenvalue weighted by molar-refractivity contribution is 5.88. The number of carbonyl (C=O) groups excluding carboxylic acids is 1. The SMILES string of the molecule is C.CCCCCCCCOC(=O)c1cc(-c2ccccc2O)n[nH]1. The zero-order chi connectivity index (χ0) is 16.5. The van der Waals surface area contributed by atoms with Gasteiger partial charge in [0.25, 0.3) is 0 Å². The molecule has 0 bridgehead atoms. The lowest BCUT2D eigenvalue weighted by atomic mass is 10.1. The van der Waals surface area contributed by atoms with Gasteiger partial charge >= 0.3 is 5.97 Å². The summed E-state index contributed by atoms with van der Waals surface area (Å²) in [6.07, 6.45) is 6.90. The molecule has 0 aliphatic rings. The monoisotopic (exact) mass is 332 g/mol. The van der Waals surface area contributed by atoms with Crippen molar-refractivity contribution < 1.29 is 14.6 Å². The van der Waals surface area contributed by atoms with Gasteiger partial charge in [0.05, 0.1) is 12.3 Å². The number of esters is 1. The molecule has 0 saturated heterocycles. The number of phenols is 1. The van der Waals surface area contributed by atoms with Gasteiger partial charge in [-0.05, 0) is 24.6 Å². The van der Waals surface area contributed by atoms with Crippen LogP contribution in [0.3, 0.4) is 0 Å². The molecule has 2 aromatic rings. The standard InChI is InChI=1S/C18H24N2O3.CH4/c1-2-3-4-5-6-9-12-23-18(22)16-13-15(19-20-16)14-10-7-8-11-17(14)21;/h7-8,10-11,13,21H,2-6,9,12H2,1H3,(H,19,20);1H4. The Morgan fingerprint density at radius 3 is 2.62 bits per heavy atom. The predicted octanol–water partition coefficient (Wildman–Crippen LogP) is 4.94. The summed E-state index contributed by atoms with van der Waals surface area (Å²) in [5, 5.41) is 16.5. The zero-order valence-electron chi connectivity index (χ0n) is 13.5. The third kappa shape index (κ3) is 5.72. The molecule has 5 heteroatoms. The van der Waals surface area contributed by atoms with Gasteiger partial charge in [-0.1, -0.05) is 58.6 Å². The number of benzene rings is 1. The maximum Gasteiger partial charge on any atom is 0.356 e. The minimum atomic E-state index is -0.410. The number of unbranched alkanes of at least 4 members (excludes halogenated alkanes) is 5. The third-order valence-corrected chi connectivity index (χ3v) is 3.71. The van der Waals surface area contributed by atoms with E-state index in [4.69, 9.17) is 4.74 Å². The summed E-state index contributed by atoms with van der Waals surface area (Å²) >= 11 is 0. The van der Waals surface area contributed by atoms with Crippen LogP contribution >= 0.6 is 0 Å². The Balaban J connectivity index is 0.00000288. The summed E-state index contributed by atoms with van der Waals surface area (Å²) < 4.78 is 5.24. The summed E-state index contributed by atoms with van der Waals surface area (Å²) in [7, 11) is 0. The van der Waals surface area contributed by atoms with Crippen molar-refractivity contribution in [1.82, 2.24) is 10.2 Å². The summed E-state index contributed by atoms with van der Waals surface area (Å²) in [5.41, 5.74) is 1.41. The van der Waals surface area contributed by atoms with Crippen LogP contribution in [0.25, 0.3) is 11.3 Å². The average molecular weight is 332 g/mol. The van der Waals surface area contributed by atoms with Gasteiger partial charge in [-0.2, -0.15) is 5.10 Å². The highest BCUT2D eigenvalue weighted by atomic mass is 16.5. The van der Waals surface area contributed by atoms with E-state index in [2.05, 4.69) is 17.1 Å². The van der Waals surface area contributed by atoms with Crippen LogP contribution in [0, 0.1) is 0 Å². The van der Waals surface area contributed by atoms with Gasteiger partial charge in [0, 0.05) is 5.56 Å². The van der Waals surface area contributed by atoms with Crippen LogP contribution in [0.1, 0.15) is 63.4 Å². The molecular formula is C19H28N2O3. The lowest BCUT2D eigenvalue weighted by Crippen LogP contribution is -2.06. The highest BCUT2D eigenvalue weighted by Gasteiger charge is 2.13. The van der Waals surface area contributed by atoms with Gasteiger partial charge in [-0.25, -0.2) is 4.79 Å². The van der Waals surface area contributed by atoms with E-state index in [0.29, 0.717) is 23.6 Å². The molecule has 0 spiro atoms. The van der Waals surface area contributed by atoms with Crippen molar-refractivity contribution >= 4 is 5.97 Å². The molecule has 1 heterocycles. The van der Waals surface area contributed by atoms with Crippen molar-refractivity contribution in [3.05, 3.63) is 36.0 Å². The topological polar surface area (TPSA) is 75.2 Å². The van der Waals surface area contributed by atoms with Crippen LogP contribution in [0.5, 0.6) is 5.75 Å². The van der Waals surface area contributed by atoms with Crippen molar-refractivity contribution in [3.63, 3.8) is 0 Å². The summed E-state index contributed by atoms with van der Waals surface area (Å²) in [6, 6.07) is 8.47. The van der Waals surface area contributed by atoms with Crippen molar-refractivity contribution in [2.45, 2.75) is 52.9 Å². The second-order valence-electron chi connectivity index (χ2n) is 5.59. The molecule has 0 fully saturated rings. The number of para-hydroxylation sites is 1. The van der Waals surface area contributed by atoms with E-state index in [1.165, 1.54) is 25.7 Å². The van der Waals surface area contributed by atoms with Gasteiger partial charge in [0.2, 0.25) is 0 Å². The minimum absolute atomic E-state index is 0. The lowest BCUT2D eigenvalue weighted by molar-refractivity contribution is 0.0490. The lowest BCUT2D eigenvalue weighted by Gasteiger charge is -2.03. The van der Waals surface area contributed by atoms with Gasteiger partial charge in [0.15, 0.2) is 0 Å².